The van der Waals surface area contributed by atoms with Gasteiger partial charge in [-0.2, -0.15) is 0 Å². The number of carbonyl (C=O) groups excluding carboxylic acids is 1. The van der Waals surface area contributed by atoms with Gasteiger partial charge in [0.25, 0.3) is 0 Å². The number of nitrogens with zero attached hydrogens (tertiary/aromatic N) is 2. The number of amides is 1. The number of aromatic nitrogens is 2. The van der Waals surface area contributed by atoms with Gasteiger partial charge in [0.2, 0.25) is 5.91 Å². The van der Waals surface area contributed by atoms with E-state index in [1.165, 1.54) is 11.1 Å². The lowest BCUT2D eigenvalue weighted by Gasteiger charge is -2.12. The average molecular weight is 363 g/mol. The van der Waals surface area contributed by atoms with Crippen molar-refractivity contribution in [3.05, 3.63) is 83.4 Å². The SMILES string of the molecule is Cc1ccc(OCCC(=O)NCc2ccccc2Cn2ccnc2)c(C)c1. The minimum Gasteiger partial charge on any atom is -0.493 e. The highest BCUT2D eigenvalue weighted by Gasteiger charge is 2.07. The maximum atomic E-state index is 12.2. The third-order valence-corrected chi connectivity index (χ3v) is 4.42. The lowest BCUT2D eigenvalue weighted by atomic mass is 10.1. The number of benzene rings is 2. The fraction of sp³-hybridized carbons (Fsp3) is 0.273. The standard InChI is InChI=1S/C22H25N3O2/c1-17-7-8-21(18(2)13-17)27-12-9-22(26)24-14-19-5-3-4-6-20(19)15-25-11-10-23-16-25/h3-8,10-11,13,16H,9,12,14-15H2,1-2H3,(H,24,26). The van der Waals surface area contributed by atoms with E-state index < -0.39 is 0 Å². The number of imidazole rings is 1. The molecule has 0 atom stereocenters. The van der Waals surface area contributed by atoms with Crippen LogP contribution in [-0.4, -0.2) is 22.1 Å². The zero-order valence-corrected chi connectivity index (χ0v) is 15.8. The van der Waals surface area contributed by atoms with Gasteiger partial charge in [-0.05, 0) is 36.6 Å². The number of rotatable bonds is 8. The second-order valence-corrected chi connectivity index (χ2v) is 6.65. The van der Waals surface area contributed by atoms with Gasteiger partial charge in [0.1, 0.15) is 5.75 Å². The first-order valence-electron chi connectivity index (χ1n) is 9.11. The minimum atomic E-state index is -0.0165. The fourth-order valence-electron chi connectivity index (χ4n) is 2.96. The van der Waals surface area contributed by atoms with Gasteiger partial charge in [0.15, 0.2) is 0 Å². The smallest absolute Gasteiger partial charge is 0.223 e. The molecule has 0 radical (unpaired) electrons. The van der Waals surface area contributed by atoms with E-state index in [9.17, 15) is 4.79 Å². The Kier molecular flexibility index (Phi) is 6.26. The number of hydrogen-bond acceptors (Lipinski definition) is 3. The Hall–Kier alpha value is -3.08. The van der Waals surface area contributed by atoms with Crippen molar-refractivity contribution in [3.8, 4) is 5.75 Å². The number of hydrogen-bond donors (Lipinski definition) is 1. The second-order valence-electron chi connectivity index (χ2n) is 6.65. The number of aryl methyl sites for hydroxylation is 2. The van der Waals surface area contributed by atoms with Crippen LogP contribution in [0.2, 0.25) is 0 Å². The van der Waals surface area contributed by atoms with Crippen molar-refractivity contribution >= 4 is 5.91 Å². The van der Waals surface area contributed by atoms with E-state index in [1.54, 1.807) is 12.5 Å². The molecule has 3 rings (SSSR count). The van der Waals surface area contributed by atoms with Crippen LogP contribution in [0.5, 0.6) is 5.75 Å². The van der Waals surface area contributed by atoms with E-state index in [0.717, 1.165) is 23.4 Å². The molecule has 0 unspecified atom stereocenters. The fourth-order valence-corrected chi connectivity index (χ4v) is 2.96. The molecular formula is C22H25N3O2. The van der Waals surface area contributed by atoms with Crippen LogP contribution in [0.25, 0.3) is 0 Å². The zero-order valence-electron chi connectivity index (χ0n) is 15.8. The van der Waals surface area contributed by atoms with Crippen molar-refractivity contribution in [2.75, 3.05) is 6.61 Å². The molecule has 5 nitrogen and oxygen atoms in total. The van der Waals surface area contributed by atoms with E-state index in [-0.39, 0.29) is 5.91 Å². The van der Waals surface area contributed by atoms with Gasteiger partial charge in [0.05, 0.1) is 19.4 Å². The van der Waals surface area contributed by atoms with Crippen LogP contribution < -0.4 is 10.1 Å². The summed E-state index contributed by atoms with van der Waals surface area (Å²) in [5.74, 6) is 0.816. The summed E-state index contributed by atoms with van der Waals surface area (Å²) < 4.78 is 7.75. The topological polar surface area (TPSA) is 56.1 Å². The van der Waals surface area contributed by atoms with Crippen LogP contribution in [0.15, 0.2) is 61.2 Å². The first-order valence-corrected chi connectivity index (χ1v) is 9.11. The molecule has 0 spiro atoms. The maximum absolute atomic E-state index is 12.2. The predicted octanol–water partition coefficient (Wildman–Crippen LogP) is 3.63. The number of ether oxygens (including phenoxy) is 1. The third kappa shape index (κ3) is 5.45. The second kappa shape index (κ2) is 9.03. The summed E-state index contributed by atoms with van der Waals surface area (Å²) in [5.41, 5.74) is 4.56. The number of nitrogens with one attached hydrogen (secondary N) is 1. The molecule has 0 aliphatic rings. The average Bonchev–Trinajstić information content (AvgIpc) is 3.16. The lowest BCUT2D eigenvalue weighted by Crippen LogP contribution is -2.25. The number of carbonyl (C=O) groups is 1. The Balaban J connectivity index is 1.48. The molecule has 1 amide bonds. The molecule has 5 heteroatoms. The van der Waals surface area contributed by atoms with Crippen molar-refractivity contribution in [2.24, 2.45) is 0 Å². The van der Waals surface area contributed by atoms with Crippen molar-refractivity contribution in [2.45, 2.75) is 33.4 Å². The van der Waals surface area contributed by atoms with Crippen LogP contribution in [0.4, 0.5) is 0 Å². The molecule has 0 fully saturated rings. The van der Waals surface area contributed by atoms with Crippen LogP contribution >= 0.6 is 0 Å². The van der Waals surface area contributed by atoms with Crippen molar-refractivity contribution in [1.29, 1.82) is 0 Å². The third-order valence-electron chi connectivity index (χ3n) is 4.42. The molecule has 140 valence electrons. The van der Waals surface area contributed by atoms with Gasteiger partial charge in [-0.15, -0.1) is 0 Å². The van der Waals surface area contributed by atoms with Crippen molar-refractivity contribution < 1.29 is 9.53 Å². The summed E-state index contributed by atoms with van der Waals surface area (Å²) in [6.45, 7) is 5.68. The van der Waals surface area contributed by atoms with Crippen molar-refractivity contribution in [1.82, 2.24) is 14.9 Å². The largest absolute Gasteiger partial charge is 0.493 e. The Morgan fingerprint density at radius 3 is 2.70 bits per heavy atom. The molecule has 0 bridgehead atoms. The van der Waals surface area contributed by atoms with Gasteiger partial charge in [0, 0.05) is 25.5 Å². The molecule has 0 aliphatic heterocycles. The van der Waals surface area contributed by atoms with Crippen LogP contribution in [0, 0.1) is 13.8 Å². The van der Waals surface area contributed by atoms with Crippen LogP contribution in [-0.2, 0) is 17.9 Å². The molecule has 0 saturated heterocycles. The quantitative estimate of drug-likeness (QED) is 0.665. The summed E-state index contributed by atoms with van der Waals surface area (Å²) in [4.78, 5) is 16.2. The monoisotopic (exact) mass is 363 g/mol. The minimum absolute atomic E-state index is 0.0165. The van der Waals surface area contributed by atoms with E-state index in [4.69, 9.17) is 4.74 Å². The molecule has 1 heterocycles. The Morgan fingerprint density at radius 2 is 1.96 bits per heavy atom. The highest BCUT2D eigenvalue weighted by molar-refractivity contribution is 5.76. The summed E-state index contributed by atoms with van der Waals surface area (Å²) in [5, 5.41) is 2.99. The molecule has 1 aromatic heterocycles. The summed E-state index contributed by atoms with van der Waals surface area (Å²) >= 11 is 0. The summed E-state index contributed by atoms with van der Waals surface area (Å²) in [6.07, 6.45) is 5.82. The van der Waals surface area contributed by atoms with Gasteiger partial charge in [-0.25, -0.2) is 4.98 Å². The highest BCUT2D eigenvalue weighted by atomic mass is 16.5. The zero-order chi connectivity index (χ0) is 19.1. The lowest BCUT2D eigenvalue weighted by molar-refractivity contribution is -0.121. The molecule has 27 heavy (non-hydrogen) atoms. The highest BCUT2D eigenvalue weighted by Crippen LogP contribution is 2.18. The van der Waals surface area contributed by atoms with Crippen LogP contribution in [0.1, 0.15) is 28.7 Å². The first-order chi connectivity index (χ1) is 13.1. The normalized spacial score (nSPS) is 10.6. The Morgan fingerprint density at radius 1 is 1.15 bits per heavy atom. The Bertz CT molecular complexity index is 888. The van der Waals surface area contributed by atoms with E-state index in [0.29, 0.717) is 19.6 Å². The molecule has 0 saturated carbocycles. The van der Waals surface area contributed by atoms with E-state index in [1.807, 2.05) is 48.0 Å². The molecular weight excluding hydrogens is 338 g/mol. The maximum Gasteiger partial charge on any atom is 0.223 e. The van der Waals surface area contributed by atoms with E-state index >= 15 is 0 Å². The van der Waals surface area contributed by atoms with Gasteiger partial charge in [-0.1, -0.05) is 42.0 Å². The first kappa shape index (κ1) is 18.7. The predicted molar refractivity (Wildman–Crippen MR) is 106 cm³/mol. The molecule has 0 aliphatic carbocycles. The summed E-state index contributed by atoms with van der Waals surface area (Å²) in [6, 6.07) is 14.2. The molecule has 3 aromatic rings. The van der Waals surface area contributed by atoms with E-state index in [2.05, 4.69) is 29.4 Å². The Labute approximate surface area is 160 Å². The molecule has 1 N–H and O–H groups in total. The summed E-state index contributed by atoms with van der Waals surface area (Å²) in [7, 11) is 0. The van der Waals surface area contributed by atoms with Crippen LogP contribution in [0.3, 0.4) is 0 Å². The van der Waals surface area contributed by atoms with Gasteiger partial charge in [-0.3, -0.25) is 4.79 Å². The molecule has 2 aromatic carbocycles. The van der Waals surface area contributed by atoms with Gasteiger partial charge >= 0.3 is 0 Å². The van der Waals surface area contributed by atoms with Gasteiger partial charge < -0.3 is 14.6 Å². The van der Waals surface area contributed by atoms with Crippen molar-refractivity contribution in [3.63, 3.8) is 0 Å².